The van der Waals surface area contributed by atoms with E-state index in [4.69, 9.17) is 4.74 Å². The summed E-state index contributed by atoms with van der Waals surface area (Å²) < 4.78 is 19.1. The number of carbonyl (C=O) groups is 1. The van der Waals surface area contributed by atoms with Crippen molar-refractivity contribution < 1.29 is 13.9 Å². The minimum atomic E-state index is -0.410. The Bertz CT molecular complexity index is 755. The Hall–Kier alpha value is -2.40. The molecule has 1 amide bonds. The molecule has 0 aliphatic carbocycles. The summed E-state index contributed by atoms with van der Waals surface area (Å²) in [5.41, 5.74) is 0.595. The molecule has 0 unspecified atom stereocenters. The van der Waals surface area contributed by atoms with E-state index >= 15 is 0 Å². The quantitative estimate of drug-likeness (QED) is 0.927. The smallest absolute Gasteiger partial charge is 0.251 e. The van der Waals surface area contributed by atoms with Crippen molar-refractivity contribution in [3.63, 3.8) is 0 Å². The van der Waals surface area contributed by atoms with Crippen LogP contribution in [-0.2, 0) is 0 Å². The Balaban J connectivity index is 1.40. The topological polar surface area (TPSA) is 41.6 Å². The molecule has 2 aromatic rings. The minimum Gasteiger partial charge on any atom is -0.454 e. The van der Waals surface area contributed by atoms with Crippen LogP contribution in [0.3, 0.4) is 0 Å². The van der Waals surface area contributed by atoms with Crippen LogP contribution in [0.15, 0.2) is 48.5 Å². The summed E-state index contributed by atoms with van der Waals surface area (Å²) in [5.74, 6) is 0.803. The van der Waals surface area contributed by atoms with Crippen molar-refractivity contribution in [1.29, 1.82) is 0 Å². The predicted octanol–water partition coefficient (Wildman–Crippen LogP) is 3.44. The Labute approximate surface area is 146 Å². The molecular formula is C20H21FN2O2. The number of para-hydroxylation sites is 1. The summed E-state index contributed by atoms with van der Waals surface area (Å²) in [6.45, 7) is 3.25. The fourth-order valence-electron chi connectivity index (χ4n) is 3.71. The molecule has 3 saturated heterocycles. The van der Waals surface area contributed by atoms with Crippen LogP contribution in [-0.4, -0.2) is 36.5 Å². The van der Waals surface area contributed by atoms with Gasteiger partial charge in [-0.15, -0.1) is 0 Å². The summed E-state index contributed by atoms with van der Waals surface area (Å²) in [4.78, 5) is 14.9. The van der Waals surface area contributed by atoms with Crippen molar-refractivity contribution in [2.75, 3.05) is 19.6 Å². The number of carbonyl (C=O) groups excluding carboxylic acids is 1. The summed E-state index contributed by atoms with van der Waals surface area (Å²) in [6.07, 6.45) is 2.33. The number of nitrogens with one attached hydrogen (secondary N) is 1. The summed E-state index contributed by atoms with van der Waals surface area (Å²) in [6, 6.07) is 13.3. The standard InChI is InChI=1S/C20H21FN2O2/c21-17-3-1-2-4-19(17)25-16-7-5-15(6-8-16)20(24)22-18-13-23-11-9-14(18)10-12-23/h1-8,14,18H,9-13H2,(H,22,24)/t18-/m0/s1. The highest BCUT2D eigenvalue weighted by atomic mass is 19.1. The SMILES string of the molecule is O=C(N[C@H]1CN2CCC1CC2)c1ccc(Oc2ccccc2F)cc1. The van der Waals surface area contributed by atoms with Gasteiger partial charge in [-0.3, -0.25) is 4.79 Å². The van der Waals surface area contributed by atoms with Gasteiger partial charge in [-0.2, -0.15) is 0 Å². The maximum Gasteiger partial charge on any atom is 0.251 e. The molecule has 3 heterocycles. The molecule has 0 aromatic heterocycles. The number of nitrogens with zero attached hydrogens (tertiary/aromatic N) is 1. The normalized spacial score (nSPS) is 24.8. The molecular weight excluding hydrogens is 319 g/mol. The number of hydrogen-bond acceptors (Lipinski definition) is 3. The molecule has 5 rings (SSSR count). The number of hydrogen-bond donors (Lipinski definition) is 1. The van der Waals surface area contributed by atoms with E-state index in [9.17, 15) is 9.18 Å². The zero-order valence-electron chi connectivity index (χ0n) is 14.0. The highest BCUT2D eigenvalue weighted by molar-refractivity contribution is 5.94. The van der Waals surface area contributed by atoms with Crippen molar-refractivity contribution in [2.45, 2.75) is 18.9 Å². The number of amides is 1. The Morgan fingerprint density at radius 3 is 2.44 bits per heavy atom. The van der Waals surface area contributed by atoms with Crippen molar-refractivity contribution >= 4 is 5.91 Å². The molecule has 3 aliphatic heterocycles. The fourth-order valence-corrected chi connectivity index (χ4v) is 3.71. The number of fused-ring (bicyclic) bond motifs is 3. The molecule has 4 nitrogen and oxygen atoms in total. The van der Waals surface area contributed by atoms with E-state index in [-0.39, 0.29) is 17.7 Å². The van der Waals surface area contributed by atoms with Gasteiger partial charge in [0.2, 0.25) is 0 Å². The average molecular weight is 340 g/mol. The van der Waals surface area contributed by atoms with Crippen molar-refractivity contribution in [2.24, 2.45) is 5.92 Å². The third kappa shape index (κ3) is 3.51. The molecule has 0 saturated carbocycles. The zero-order chi connectivity index (χ0) is 17.2. The third-order valence-electron chi connectivity index (χ3n) is 5.15. The molecule has 25 heavy (non-hydrogen) atoms. The molecule has 0 radical (unpaired) electrons. The number of piperidine rings is 3. The number of benzene rings is 2. The lowest BCUT2D eigenvalue weighted by molar-refractivity contribution is 0.0620. The molecule has 5 heteroatoms. The van der Waals surface area contributed by atoms with Crippen LogP contribution in [0.2, 0.25) is 0 Å². The predicted molar refractivity (Wildman–Crippen MR) is 93.3 cm³/mol. The van der Waals surface area contributed by atoms with Gasteiger partial charge >= 0.3 is 0 Å². The number of rotatable bonds is 4. The molecule has 1 N–H and O–H groups in total. The lowest BCUT2D eigenvalue weighted by Crippen LogP contribution is -2.57. The van der Waals surface area contributed by atoms with Crippen molar-refractivity contribution in [3.05, 3.63) is 59.9 Å². The number of halogens is 1. The van der Waals surface area contributed by atoms with E-state index in [1.807, 2.05) is 0 Å². The summed E-state index contributed by atoms with van der Waals surface area (Å²) in [5, 5.41) is 3.16. The summed E-state index contributed by atoms with van der Waals surface area (Å²) >= 11 is 0. The van der Waals surface area contributed by atoms with Gasteiger partial charge in [-0.1, -0.05) is 12.1 Å². The molecule has 2 bridgehead atoms. The maximum atomic E-state index is 13.6. The van der Waals surface area contributed by atoms with Gasteiger partial charge in [0.1, 0.15) is 5.75 Å². The van der Waals surface area contributed by atoms with Crippen LogP contribution >= 0.6 is 0 Å². The van der Waals surface area contributed by atoms with Gasteiger partial charge in [0.15, 0.2) is 11.6 Å². The third-order valence-corrected chi connectivity index (χ3v) is 5.15. The summed E-state index contributed by atoms with van der Waals surface area (Å²) in [7, 11) is 0. The second-order valence-electron chi connectivity index (χ2n) is 6.77. The first-order valence-corrected chi connectivity index (χ1v) is 8.75. The second kappa shape index (κ2) is 6.84. The van der Waals surface area contributed by atoms with E-state index < -0.39 is 5.82 Å². The lowest BCUT2D eigenvalue weighted by atomic mass is 9.84. The van der Waals surface area contributed by atoms with E-state index in [1.54, 1.807) is 42.5 Å². The highest BCUT2D eigenvalue weighted by Crippen LogP contribution is 2.28. The van der Waals surface area contributed by atoms with Crippen LogP contribution in [0.4, 0.5) is 4.39 Å². The molecule has 2 aromatic carbocycles. The molecule has 3 aliphatic rings. The molecule has 130 valence electrons. The van der Waals surface area contributed by atoms with Gasteiger partial charge in [-0.25, -0.2) is 4.39 Å². The fraction of sp³-hybridized carbons (Fsp3) is 0.350. The Morgan fingerprint density at radius 1 is 1.08 bits per heavy atom. The second-order valence-corrected chi connectivity index (χ2v) is 6.77. The minimum absolute atomic E-state index is 0.0591. The zero-order valence-corrected chi connectivity index (χ0v) is 14.0. The maximum absolute atomic E-state index is 13.6. The van der Waals surface area contributed by atoms with Crippen LogP contribution < -0.4 is 10.1 Å². The molecule has 0 spiro atoms. The first kappa shape index (κ1) is 16.1. The lowest BCUT2D eigenvalue weighted by Gasteiger charge is -2.44. The van der Waals surface area contributed by atoms with Crippen LogP contribution in [0.5, 0.6) is 11.5 Å². The Kier molecular flexibility index (Phi) is 4.40. The van der Waals surface area contributed by atoms with Gasteiger partial charge in [0.25, 0.3) is 5.91 Å². The first-order chi connectivity index (χ1) is 12.2. The van der Waals surface area contributed by atoms with Crippen molar-refractivity contribution in [1.82, 2.24) is 10.2 Å². The number of ether oxygens (including phenoxy) is 1. The average Bonchev–Trinajstić information content (AvgIpc) is 2.65. The van der Waals surface area contributed by atoms with E-state index in [0.717, 1.165) is 19.6 Å². The van der Waals surface area contributed by atoms with Gasteiger partial charge in [0, 0.05) is 18.2 Å². The van der Waals surface area contributed by atoms with E-state index in [0.29, 0.717) is 17.2 Å². The molecule has 1 atom stereocenters. The first-order valence-electron chi connectivity index (χ1n) is 8.75. The van der Waals surface area contributed by atoms with E-state index in [2.05, 4.69) is 10.2 Å². The van der Waals surface area contributed by atoms with Crippen LogP contribution in [0.25, 0.3) is 0 Å². The van der Waals surface area contributed by atoms with Gasteiger partial charge in [0.05, 0.1) is 0 Å². The molecule has 3 fully saturated rings. The largest absolute Gasteiger partial charge is 0.454 e. The van der Waals surface area contributed by atoms with E-state index in [1.165, 1.54) is 18.9 Å². The van der Waals surface area contributed by atoms with Gasteiger partial charge < -0.3 is 15.0 Å². The monoisotopic (exact) mass is 340 g/mol. The Morgan fingerprint density at radius 2 is 1.80 bits per heavy atom. The van der Waals surface area contributed by atoms with Crippen molar-refractivity contribution in [3.8, 4) is 11.5 Å². The highest BCUT2D eigenvalue weighted by Gasteiger charge is 2.34. The van der Waals surface area contributed by atoms with Gasteiger partial charge in [-0.05, 0) is 68.2 Å². The van der Waals surface area contributed by atoms with Crippen LogP contribution in [0.1, 0.15) is 23.2 Å². The van der Waals surface area contributed by atoms with Crippen LogP contribution in [0, 0.1) is 11.7 Å².